The summed E-state index contributed by atoms with van der Waals surface area (Å²) < 4.78 is 13.4. The largest absolute Gasteiger partial charge is 0.340 e. The van der Waals surface area contributed by atoms with Crippen LogP contribution in [0.1, 0.15) is 5.56 Å². The maximum absolute atomic E-state index is 13.4. The number of benzene rings is 2. The molecule has 31 heavy (non-hydrogen) atoms. The second-order valence-corrected chi connectivity index (χ2v) is 6.89. The number of nitrogens with one attached hydrogen (secondary N) is 3. The number of amides is 2. The Morgan fingerprint density at radius 1 is 0.806 bits per heavy atom. The van der Waals surface area contributed by atoms with Gasteiger partial charge in [0.1, 0.15) is 17.5 Å². The standard InChI is InChI=1S/C24H20FN5O/c1-16-7-8-19(25)15-21(16)29-24(31)30-23-14-18(10-12-27-23)17-9-11-26-22(13-17)28-20-5-3-2-4-6-20/h2-15H,1H3,(H,26,28)(H2,27,29,30,31). The molecule has 6 nitrogen and oxygen atoms in total. The maximum atomic E-state index is 13.4. The summed E-state index contributed by atoms with van der Waals surface area (Å²) in [5.41, 5.74) is 3.88. The molecule has 0 aliphatic rings. The maximum Gasteiger partial charge on any atom is 0.324 e. The molecule has 2 heterocycles. The highest BCUT2D eigenvalue weighted by atomic mass is 19.1. The molecule has 2 aromatic heterocycles. The molecule has 0 spiro atoms. The highest BCUT2D eigenvalue weighted by molar-refractivity contribution is 5.99. The Hall–Kier alpha value is -4.26. The average molecular weight is 413 g/mol. The summed E-state index contributed by atoms with van der Waals surface area (Å²) in [5, 5.41) is 8.59. The molecule has 4 aromatic rings. The predicted molar refractivity (Wildman–Crippen MR) is 121 cm³/mol. The summed E-state index contributed by atoms with van der Waals surface area (Å²) in [6.45, 7) is 1.79. The van der Waals surface area contributed by atoms with Crippen molar-refractivity contribution in [2.24, 2.45) is 0 Å². The molecule has 0 bridgehead atoms. The van der Waals surface area contributed by atoms with E-state index in [9.17, 15) is 9.18 Å². The quantitative estimate of drug-likeness (QED) is 0.376. The molecule has 4 rings (SSSR count). The molecule has 2 amide bonds. The minimum absolute atomic E-state index is 0.374. The lowest BCUT2D eigenvalue weighted by Crippen LogP contribution is -2.20. The third-order valence-corrected chi connectivity index (χ3v) is 4.59. The molecule has 0 aliphatic heterocycles. The van der Waals surface area contributed by atoms with Gasteiger partial charge < -0.3 is 10.6 Å². The number of halogens is 1. The molecule has 0 unspecified atom stereocenters. The van der Waals surface area contributed by atoms with Crippen LogP contribution in [0.3, 0.4) is 0 Å². The number of anilines is 4. The minimum atomic E-state index is -0.500. The van der Waals surface area contributed by atoms with Gasteiger partial charge in [-0.15, -0.1) is 0 Å². The van der Waals surface area contributed by atoms with E-state index in [4.69, 9.17) is 0 Å². The van der Waals surface area contributed by atoms with Crippen LogP contribution < -0.4 is 16.0 Å². The second-order valence-electron chi connectivity index (χ2n) is 6.89. The zero-order valence-electron chi connectivity index (χ0n) is 16.8. The van der Waals surface area contributed by atoms with Gasteiger partial charge in [0.15, 0.2) is 0 Å². The van der Waals surface area contributed by atoms with Crippen LogP contribution >= 0.6 is 0 Å². The topological polar surface area (TPSA) is 78.9 Å². The third-order valence-electron chi connectivity index (χ3n) is 4.59. The van der Waals surface area contributed by atoms with E-state index in [1.165, 1.54) is 12.1 Å². The van der Waals surface area contributed by atoms with Crippen LogP contribution in [0, 0.1) is 12.7 Å². The molecule has 0 saturated carbocycles. The number of carbonyl (C=O) groups is 1. The molecular weight excluding hydrogens is 393 g/mol. The summed E-state index contributed by atoms with van der Waals surface area (Å²) >= 11 is 0. The Balaban J connectivity index is 1.49. The van der Waals surface area contributed by atoms with Crippen LogP contribution in [0.5, 0.6) is 0 Å². The number of aromatic nitrogens is 2. The van der Waals surface area contributed by atoms with Crippen LogP contribution in [0.4, 0.5) is 32.2 Å². The van der Waals surface area contributed by atoms with Crippen molar-refractivity contribution in [1.82, 2.24) is 9.97 Å². The molecule has 0 aliphatic carbocycles. The highest BCUT2D eigenvalue weighted by Gasteiger charge is 2.08. The smallest absolute Gasteiger partial charge is 0.324 e. The monoisotopic (exact) mass is 413 g/mol. The SMILES string of the molecule is Cc1ccc(F)cc1NC(=O)Nc1cc(-c2ccnc(Nc3ccccc3)c2)ccn1. The van der Waals surface area contributed by atoms with E-state index >= 15 is 0 Å². The highest BCUT2D eigenvalue weighted by Crippen LogP contribution is 2.24. The number of aryl methyl sites for hydroxylation is 1. The number of para-hydroxylation sites is 1. The van der Waals surface area contributed by atoms with Crippen molar-refractivity contribution < 1.29 is 9.18 Å². The molecule has 154 valence electrons. The first-order chi connectivity index (χ1) is 15.1. The Morgan fingerprint density at radius 3 is 2.23 bits per heavy atom. The Labute approximate surface area is 179 Å². The summed E-state index contributed by atoms with van der Waals surface area (Å²) in [6.07, 6.45) is 3.33. The Bertz CT molecular complexity index is 1210. The van der Waals surface area contributed by atoms with Crippen LogP contribution in [-0.2, 0) is 0 Å². The van der Waals surface area contributed by atoms with Gasteiger partial charge in [0.05, 0.1) is 0 Å². The Morgan fingerprint density at radius 2 is 1.48 bits per heavy atom. The molecule has 0 fully saturated rings. The van der Waals surface area contributed by atoms with Crippen molar-refractivity contribution >= 4 is 29.0 Å². The lowest BCUT2D eigenvalue weighted by molar-refractivity contribution is 0.262. The van der Waals surface area contributed by atoms with E-state index in [1.54, 1.807) is 31.5 Å². The van der Waals surface area contributed by atoms with Crippen LogP contribution in [0.2, 0.25) is 0 Å². The molecule has 2 aromatic carbocycles. The summed E-state index contributed by atoms with van der Waals surface area (Å²) in [7, 11) is 0. The summed E-state index contributed by atoms with van der Waals surface area (Å²) in [5.74, 6) is 0.659. The third kappa shape index (κ3) is 5.22. The number of rotatable bonds is 5. The average Bonchev–Trinajstić information content (AvgIpc) is 2.77. The van der Waals surface area contributed by atoms with Gasteiger partial charge >= 0.3 is 6.03 Å². The predicted octanol–water partition coefficient (Wildman–Crippen LogP) is 5.98. The van der Waals surface area contributed by atoms with Crippen molar-refractivity contribution in [1.29, 1.82) is 0 Å². The van der Waals surface area contributed by atoms with Gasteiger partial charge in [-0.3, -0.25) is 5.32 Å². The molecule has 0 radical (unpaired) electrons. The van der Waals surface area contributed by atoms with Crippen molar-refractivity contribution in [2.75, 3.05) is 16.0 Å². The van der Waals surface area contributed by atoms with Gasteiger partial charge in [-0.2, -0.15) is 0 Å². The van der Waals surface area contributed by atoms with Crippen molar-refractivity contribution in [3.8, 4) is 11.1 Å². The molecule has 0 atom stereocenters. The number of hydrogen-bond acceptors (Lipinski definition) is 4. The van der Waals surface area contributed by atoms with E-state index in [2.05, 4.69) is 25.9 Å². The summed E-state index contributed by atoms with van der Waals surface area (Å²) in [4.78, 5) is 20.9. The van der Waals surface area contributed by atoms with E-state index in [0.29, 0.717) is 17.3 Å². The Kier molecular flexibility index (Phi) is 5.84. The molecule has 3 N–H and O–H groups in total. The normalized spacial score (nSPS) is 10.4. The first-order valence-corrected chi connectivity index (χ1v) is 9.65. The second kappa shape index (κ2) is 9.04. The van der Waals surface area contributed by atoms with Crippen LogP contribution in [0.15, 0.2) is 85.2 Å². The van der Waals surface area contributed by atoms with E-state index < -0.39 is 11.8 Å². The number of hydrogen-bond donors (Lipinski definition) is 3. The van der Waals surface area contributed by atoms with E-state index in [0.717, 1.165) is 22.4 Å². The minimum Gasteiger partial charge on any atom is -0.340 e. The van der Waals surface area contributed by atoms with E-state index in [1.807, 2.05) is 48.5 Å². The molecule has 7 heteroatoms. The molecular formula is C24H20FN5O. The van der Waals surface area contributed by atoms with Crippen LogP contribution in [0.25, 0.3) is 11.1 Å². The fourth-order valence-corrected chi connectivity index (χ4v) is 3.03. The lowest BCUT2D eigenvalue weighted by Gasteiger charge is -2.11. The zero-order chi connectivity index (χ0) is 21.6. The number of nitrogens with zero attached hydrogens (tertiary/aromatic N) is 2. The van der Waals surface area contributed by atoms with Crippen molar-refractivity contribution in [3.05, 3.63) is 96.6 Å². The first-order valence-electron chi connectivity index (χ1n) is 9.65. The number of carbonyl (C=O) groups excluding carboxylic acids is 1. The molecule has 0 saturated heterocycles. The van der Waals surface area contributed by atoms with Gasteiger partial charge in [-0.25, -0.2) is 19.2 Å². The number of pyridine rings is 2. The van der Waals surface area contributed by atoms with Gasteiger partial charge in [-0.05, 0) is 72.1 Å². The van der Waals surface area contributed by atoms with Gasteiger partial charge in [-0.1, -0.05) is 24.3 Å². The van der Waals surface area contributed by atoms with Crippen molar-refractivity contribution in [2.45, 2.75) is 6.92 Å². The lowest BCUT2D eigenvalue weighted by atomic mass is 10.1. The first kappa shape index (κ1) is 20.0. The number of urea groups is 1. The van der Waals surface area contributed by atoms with Gasteiger partial charge in [0.25, 0.3) is 0 Å². The summed E-state index contributed by atoms with van der Waals surface area (Å²) in [6, 6.07) is 20.9. The van der Waals surface area contributed by atoms with E-state index in [-0.39, 0.29) is 0 Å². The van der Waals surface area contributed by atoms with Crippen LogP contribution in [-0.4, -0.2) is 16.0 Å². The zero-order valence-corrected chi connectivity index (χ0v) is 16.8. The van der Waals surface area contributed by atoms with Gasteiger partial charge in [0.2, 0.25) is 0 Å². The fourth-order valence-electron chi connectivity index (χ4n) is 3.03. The van der Waals surface area contributed by atoms with Gasteiger partial charge in [0, 0.05) is 23.8 Å². The fraction of sp³-hybridized carbons (Fsp3) is 0.0417. The van der Waals surface area contributed by atoms with Crippen molar-refractivity contribution in [3.63, 3.8) is 0 Å².